The Morgan fingerprint density at radius 3 is 2.14 bits per heavy atom. The summed E-state index contributed by atoms with van der Waals surface area (Å²) in [4.78, 5) is 28.7. The van der Waals surface area contributed by atoms with E-state index in [0.717, 1.165) is 25.2 Å². The number of piperidine rings is 1. The van der Waals surface area contributed by atoms with E-state index in [4.69, 9.17) is 4.74 Å². The van der Waals surface area contributed by atoms with Crippen LogP contribution in [0.3, 0.4) is 0 Å². The van der Waals surface area contributed by atoms with E-state index in [1.807, 2.05) is 20.8 Å². The van der Waals surface area contributed by atoms with Crippen LogP contribution in [0.25, 0.3) is 0 Å². The molecule has 0 aromatic heterocycles. The first-order valence-corrected chi connectivity index (χ1v) is 10.8. The molecule has 0 unspecified atom stereocenters. The average Bonchev–Trinajstić information content (AvgIpc) is 2.70. The largest absolute Gasteiger partial charge is 0.444 e. The monoisotopic (exact) mass is 403 g/mol. The van der Waals surface area contributed by atoms with Gasteiger partial charge in [-0.1, -0.05) is 38.1 Å². The molecule has 1 saturated heterocycles. The Labute approximate surface area is 175 Å². The van der Waals surface area contributed by atoms with Gasteiger partial charge < -0.3 is 15.0 Å². The van der Waals surface area contributed by atoms with E-state index in [1.54, 1.807) is 4.90 Å². The Bertz CT molecular complexity index is 655. The zero-order valence-corrected chi connectivity index (χ0v) is 18.7. The van der Waals surface area contributed by atoms with Crippen molar-refractivity contribution in [3.05, 3.63) is 35.4 Å². The lowest BCUT2D eigenvalue weighted by Crippen LogP contribution is -2.44. The van der Waals surface area contributed by atoms with Gasteiger partial charge in [0.05, 0.1) is 0 Å². The van der Waals surface area contributed by atoms with E-state index in [1.165, 1.54) is 5.56 Å². The molecule has 162 valence electrons. The third-order valence-corrected chi connectivity index (χ3v) is 5.31. The first-order valence-electron chi connectivity index (χ1n) is 10.8. The summed E-state index contributed by atoms with van der Waals surface area (Å²) in [5.74, 6) is 0.0247. The number of hydrogen-bond donors (Lipinski definition) is 1. The standard InChI is InChI=1S/C23H37N3O3/c1-6-25(7-2)17-19-10-8-18(9-11-19)16-24-21(27)20-12-14-26(15-13-20)22(28)29-23(3,4)5/h8-11,20H,6-7,12-17H2,1-5H3,(H,24,27). The van der Waals surface area contributed by atoms with Crippen LogP contribution in [0, 0.1) is 5.92 Å². The molecule has 0 radical (unpaired) electrons. The molecule has 29 heavy (non-hydrogen) atoms. The first-order chi connectivity index (χ1) is 13.7. The van der Waals surface area contributed by atoms with Gasteiger partial charge in [0.2, 0.25) is 5.91 Å². The second-order valence-corrected chi connectivity index (χ2v) is 8.74. The molecule has 0 aliphatic carbocycles. The molecule has 2 amide bonds. The lowest BCUT2D eigenvalue weighted by molar-refractivity contribution is -0.126. The van der Waals surface area contributed by atoms with E-state index in [9.17, 15) is 9.59 Å². The van der Waals surface area contributed by atoms with Crippen LogP contribution in [0.5, 0.6) is 0 Å². The average molecular weight is 404 g/mol. The summed E-state index contributed by atoms with van der Waals surface area (Å²) in [6.45, 7) is 14.6. The van der Waals surface area contributed by atoms with E-state index in [0.29, 0.717) is 32.5 Å². The summed E-state index contributed by atoms with van der Waals surface area (Å²) >= 11 is 0. The van der Waals surface area contributed by atoms with Crippen molar-refractivity contribution in [2.24, 2.45) is 5.92 Å². The lowest BCUT2D eigenvalue weighted by atomic mass is 9.96. The Morgan fingerprint density at radius 2 is 1.62 bits per heavy atom. The van der Waals surface area contributed by atoms with Crippen molar-refractivity contribution in [2.75, 3.05) is 26.2 Å². The highest BCUT2D eigenvalue weighted by Crippen LogP contribution is 2.20. The van der Waals surface area contributed by atoms with Crippen molar-refractivity contribution >= 4 is 12.0 Å². The molecule has 0 atom stereocenters. The number of nitrogens with one attached hydrogen (secondary N) is 1. The molecule has 1 N–H and O–H groups in total. The lowest BCUT2D eigenvalue weighted by Gasteiger charge is -2.32. The highest BCUT2D eigenvalue weighted by molar-refractivity contribution is 5.79. The van der Waals surface area contributed by atoms with E-state index in [-0.39, 0.29) is 17.9 Å². The van der Waals surface area contributed by atoms with Crippen LogP contribution in [0.2, 0.25) is 0 Å². The summed E-state index contributed by atoms with van der Waals surface area (Å²) in [7, 11) is 0. The molecule has 6 nitrogen and oxygen atoms in total. The van der Waals surface area contributed by atoms with Crippen molar-refractivity contribution in [1.82, 2.24) is 15.1 Å². The number of nitrogens with zero attached hydrogens (tertiary/aromatic N) is 2. The Balaban J connectivity index is 1.75. The summed E-state index contributed by atoms with van der Waals surface area (Å²) in [6.07, 6.45) is 1.06. The van der Waals surface area contributed by atoms with Crippen LogP contribution < -0.4 is 5.32 Å². The summed E-state index contributed by atoms with van der Waals surface area (Å²) in [5, 5.41) is 3.05. The maximum Gasteiger partial charge on any atom is 0.410 e. The number of carbonyl (C=O) groups is 2. The van der Waals surface area contributed by atoms with Crippen molar-refractivity contribution in [3.63, 3.8) is 0 Å². The molecule has 0 spiro atoms. The topological polar surface area (TPSA) is 61.9 Å². The minimum absolute atomic E-state index is 0.0457. The fourth-order valence-electron chi connectivity index (χ4n) is 3.45. The maximum atomic E-state index is 12.5. The molecule has 1 aliphatic rings. The van der Waals surface area contributed by atoms with Gasteiger partial charge in [-0.05, 0) is 57.8 Å². The molecule has 0 saturated carbocycles. The van der Waals surface area contributed by atoms with E-state index in [2.05, 4.69) is 48.3 Å². The zero-order valence-electron chi connectivity index (χ0n) is 18.7. The van der Waals surface area contributed by atoms with Gasteiger partial charge in [0.25, 0.3) is 0 Å². The van der Waals surface area contributed by atoms with Gasteiger partial charge >= 0.3 is 6.09 Å². The zero-order chi connectivity index (χ0) is 21.4. The van der Waals surface area contributed by atoms with Gasteiger partial charge in [0, 0.05) is 32.1 Å². The van der Waals surface area contributed by atoms with Crippen LogP contribution in [0.1, 0.15) is 58.6 Å². The summed E-state index contributed by atoms with van der Waals surface area (Å²) in [6, 6.07) is 8.45. The van der Waals surface area contributed by atoms with Crippen LogP contribution >= 0.6 is 0 Å². The normalized spacial score (nSPS) is 15.4. The predicted molar refractivity (Wildman–Crippen MR) is 115 cm³/mol. The first kappa shape index (κ1) is 23.2. The molecule has 1 aromatic rings. The molecule has 1 aliphatic heterocycles. The highest BCUT2D eigenvalue weighted by atomic mass is 16.6. The van der Waals surface area contributed by atoms with Crippen molar-refractivity contribution in [1.29, 1.82) is 0 Å². The number of amides is 2. The highest BCUT2D eigenvalue weighted by Gasteiger charge is 2.29. The van der Waals surface area contributed by atoms with Gasteiger partial charge in [-0.2, -0.15) is 0 Å². The van der Waals surface area contributed by atoms with E-state index < -0.39 is 5.60 Å². The van der Waals surface area contributed by atoms with Gasteiger partial charge in [-0.25, -0.2) is 4.79 Å². The quantitative estimate of drug-likeness (QED) is 0.752. The van der Waals surface area contributed by atoms with Gasteiger partial charge in [-0.3, -0.25) is 9.69 Å². The fourth-order valence-corrected chi connectivity index (χ4v) is 3.45. The minimum Gasteiger partial charge on any atom is -0.444 e. The molecule has 0 bridgehead atoms. The van der Waals surface area contributed by atoms with Crippen molar-refractivity contribution < 1.29 is 14.3 Å². The Morgan fingerprint density at radius 1 is 1.07 bits per heavy atom. The molecular formula is C23H37N3O3. The van der Waals surface area contributed by atoms with Crippen LogP contribution in [0.15, 0.2) is 24.3 Å². The SMILES string of the molecule is CCN(CC)Cc1ccc(CNC(=O)C2CCN(C(=O)OC(C)(C)C)CC2)cc1. The summed E-state index contributed by atoms with van der Waals surface area (Å²) in [5.41, 5.74) is 1.90. The van der Waals surface area contributed by atoms with Crippen LogP contribution in [0.4, 0.5) is 4.79 Å². The molecule has 1 aromatic carbocycles. The van der Waals surface area contributed by atoms with Crippen LogP contribution in [-0.2, 0) is 22.6 Å². The molecule has 6 heteroatoms. The number of carbonyl (C=O) groups excluding carboxylic acids is 2. The second kappa shape index (κ2) is 10.6. The Hall–Kier alpha value is -2.08. The number of hydrogen-bond acceptors (Lipinski definition) is 4. The molecule has 1 heterocycles. The minimum atomic E-state index is -0.494. The third-order valence-electron chi connectivity index (χ3n) is 5.31. The maximum absolute atomic E-state index is 12.5. The molecule has 2 rings (SSSR count). The van der Waals surface area contributed by atoms with Crippen molar-refractivity contribution in [3.8, 4) is 0 Å². The predicted octanol–water partition coefficient (Wildman–Crippen LogP) is 3.79. The van der Waals surface area contributed by atoms with Gasteiger partial charge in [0.1, 0.15) is 5.60 Å². The van der Waals surface area contributed by atoms with Gasteiger partial charge in [0.15, 0.2) is 0 Å². The smallest absolute Gasteiger partial charge is 0.410 e. The number of likely N-dealkylation sites (tertiary alicyclic amines) is 1. The van der Waals surface area contributed by atoms with Gasteiger partial charge in [-0.15, -0.1) is 0 Å². The summed E-state index contributed by atoms with van der Waals surface area (Å²) < 4.78 is 5.41. The Kier molecular flexibility index (Phi) is 8.50. The second-order valence-electron chi connectivity index (χ2n) is 8.74. The molecule has 1 fully saturated rings. The number of ether oxygens (including phenoxy) is 1. The van der Waals surface area contributed by atoms with Crippen LogP contribution in [-0.4, -0.2) is 53.6 Å². The van der Waals surface area contributed by atoms with Crippen molar-refractivity contribution in [2.45, 2.75) is 66.2 Å². The molecular weight excluding hydrogens is 366 g/mol. The fraction of sp³-hybridized carbons (Fsp3) is 0.652. The number of benzene rings is 1. The third kappa shape index (κ3) is 7.69. The van der Waals surface area contributed by atoms with E-state index >= 15 is 0 Å². The number of rotatable bonds is 7.